The molecule has 0 radical (unpaired) electrons. The van der Waals surface area contributed by atoms with Crippen LogP contribution in [0.4, 0.5) is 4.79 Å². The molecular weight excluding hydrogens is 218 g/mol. The molecule has 1 unspecified atom stereocenters. The lowest BCUT2D eigenvalue weighted by molar-refractivity contribution is -0.109. The van der Waals surface area contributed by atoms with Gasteiger partial charge < -0.3 is 14.4 Å². The van der Waals surface area contributed by atoms with Gasteiger partial charge >= 0.3 is 6.09 Å². The molecule has 4 heteroatoms. The van der Waals surface area contributed by atoms with Gasteiger partial charge in [-0.05, 0) is 26.2 Å². The zero-order valence-electron chi connectivity index (χ0n) is 12.0. The summed E-state index contributed by atoms with van der Waals surface area (Å²) < 4.78 is 5.29. The molecule has 0 saturated carbocycles. The molecule has 0 aliphatic carbocycles. The molecule has 0 aromatic heterocycles. The second-order valence-corrected chi connectivity index (χ2v) is 6.38. The summed E-state index contributed by atoms with van der Waals surface area (Å²) in [5.41, 5.74) is -0.679. The Labute approximate surface area is 104 Å². The average molecular weight is 243 g/mol. The van der Waals surface area contributed by atoms with Gasteiger partial charge in [-0.2, -0.15) is 0 Å². The molecule has 0 fully saturated rings. The molecule has 0 saturated heterocycles. The maximum Gasteiger partial charge on any atom is 0.410 e. The van der Waals surface area contributed by atoms with Gasteiger partial charge in [0.2, 0.25) is 0 Å². The minimum absolute atomic E-state index is 0.158. The van der Waals surface area contributed by atoms with Gasteiger partial charge in [0.05, 0.1) is 0 Å². The highest BCUT2D eigenvalue weighted by molar-refractivity contribution is 5.69. The summed E-state index contributed by atoms with van der Waals surface area (Å²) in [5, 5.41) is 0. The first-order chi connectivity index (χ1) is 7.49. The van der Waals surface area contributed by atoms with Crippen molar-refractivity contribution in [3.63, 3.8) is 0 Å². The number of amides is 1. The number of rotatable bonds is 3. The summed E-state index contributed by atoms with van der Waals surface area (Å²) >= 11 is 0. The van der Waals surface area contributed by atoms with E-state index in [0.29, 0.717) is 6.42 Å². The first-order valence-corrected chi connectivity index (χ1v) is 5.88. The van der Waals surface area contributed by atoms with Crippen molar-refractivity contribution in [1.82, 2.24) is 4.90 Å². The lowest BCUT2D eigenvalue weighted by Gasteiger charge is -2.37. The van der Waals surface area contributed by atoms with Crippen molar-refractivity contribution in [2.24, 2.45) is 5.41 Å². The zero-order valence-corrected chi connectivity index (χ0v) is 12.0. The summed E-state index contributed by atoms with van der Waals surface area (Å²) in [6.45, 7) is 11.5. The van der Waals surface area contributed by atoms with Crippen LogP contribution in [0.3, 0.4) is 0 Å². The smallest absolute Gasteiger partial charge is 0.410 e. The second-order valence-electron chi connectivity index (χ2n) is 6.38. The quantitative estimate of drug-likeness (QED) is 0.716. The standard InChI is InChI=1S/C13H25NO3/c1-12(2,3)10(8-9-15)14(7)11(16)17-13(4,5)6/h9-10H,8H2,1-7H3. The molecule has 100 valence electrons. The molecule has 0 rings (SSSR count). The van der Waals surface area contributed by atoms with Gasteiger partial charge in [-0.1, -0.05) is 20.8 Å². The van der Waals surface area contributed by atoms with Crippen LogP contribution in [-0.2, 0) is 9.53 Å². The summed E-state index contributed by atoms with van der Waals surface area (Å²) in [7, 11) is 1.67. The third-order valence-corrected chi connectivity index (χ3v) is 2.47. The van der Waals surface area contributed by atoms with Crippen LogP contribution in [0.25, 0.3) is 0 Å². The van der Waals surface area contributed by atoms with Gasteiger partial charge in [0, 0.05) is 19.5 Å². The van der Waals surface area contributed by atoms with Crippen molar-refractivity contribution in [2.45, 2.75) is 59.6 Å². The van der Waals surface area contributed by atoms with Crippen molar-refractivity contribution >= 4 is 12.4 Å². The summed E-state index contributed by atoms with van der Waals surface area (Å²) in [5.74, 6) is 0. The lowest BCUT2D eigenvalue weighted by Crippen LogP contribution is -2.47. The SMILES string of the molecule is CN(C(=O)OC(C)(C)C)C(CC=O)C(C)(C)C. The fourth-order valence-electron chi connectivity index (χ4n) is 1.64. The molecule has 0 heterocycles. The number of aldehydes is 1. The van der Waals surface area contributed by atoms with Gasteiger partial charge in [-0.15, -0.1) is 0 Å². The number of carbonyl (C=O) groups excluding carboxylic acids is 2. The van der Waals surface area contributed by atoms with Gasteiger partial charge in [0.25, 0.3) is 0 Å². The monoisotopic (exact) mass is 243 g/mol. The Hall–Kier alpha value is -1.06. The zero-order chi connectivity index (χ0) is 13.9. The molecule has 0 bridgehead atoms. The topological polar surface area (TPSA) is 46.6 Å². The van der Waals surface area contributed by atoms with Crippen molar-refractivity contribution in [3.05, 3.63) is 0 Å². The van der Waals surface area contributed by atoms with Crippen molar-refractivity contribution < 1.29 is 14.3 Å². The van der Waals surface area contributed by atoms with Gasteiger partial charge in [-0.25, -0.2) is 4.79 Å². The van der Waals surface area contributed by atoms with Crippen molar-refractivity contribution in [3.8, 4) is 0 Å². The van der Waals surface area contributed by atoms with E-state index in [1.807, 2.05) is 41.5 Å². The minimum atomic E-state index is -0.519. The van der Waals surface area contributed by atoms with E-state index in [4.69, 9.17) is 4.74 Å². The van der Waals surface area contributed by atoms with Gasteiger partial charge in [0.1, 0.15) is 11.9 Å². The van der Waals surface area contributed by atoms with Crippen LogP contribution < -0.4 is 0 Å². The molecule has 1 amide bonds. The van der Waals surface area contributed by atoms with Crippen LogP contribution in [-0.4, -0.2) is 36.0 Å². The van der Waals surface area contributed by atoms with Gasteiger partial charge in [0.15, 0.2) is 0 Å². The normalized spacial score (nSPS) is 14.1. The molecule has 0 aromatic carbocycles. The van der Waals surface area contributed by atoms with Crippen LogP contribution in [0.15, 0.2) is 0 Å². The van der Waals surface area contributed by atoms with E-state index in [-0.39, 0.29) is 17.6 Å². The third-order valence-electron chi connectivity index (χ3n) is 2.47. The molecule has 0 spiro atoms. The average Bonchev–Trinajstić information content (AvgIpc) is 2.08. The van der Waals surface area contributed by atoms with E-state index >= 15 is 0 Å². The number of carbonyl (C=O) groups is 2. The van der Waals surface area contributed by atoms with E-state index in [1.54, 1.807) is 7.05 Å². The maximum atomic E-state index is 11.9. The minimum Gasteiger partial charge on any atom is -0.444 e. The Balaban J connectivity index is 4.79. The highest BCUT2D eigenvalue weighted by Crippen LogP contribution is 2.26. The Morgan fingerprint density at radius 1 is 1.24 bits per heavy atom. The molecule has 17 heavy (non-hydrogen) atoms. The van der Waals surface area contributed by atoms with Crippen LogP contribution in [0.1, 0.15) is 48.0 Å². The Morgan fingerprint density at radius 3 is 2.00 bits per heavy atom. The van der Waals surface area contributed by atoms with Crippen LogP contribution in [0.5, 0.6) is 0 Å². The van der Waals surface area contributed by atoms with Crippen LogP contribution >= 0.6 is 0 Å². The third kappa shape index (κ3) is 5.71. The Morgan fingerprint density at radius 2 is 1.71 bits per heavy atom. The predicted molar refractivity (Wildman–Crippen MR) is 67.9 cm³/mol. The number of nitrogens with zero attached hydrogens (tertiary/aromatic N) is 1. The molecule has 0 aliphatic rings. The summed E-state index contributed by atoms with van der Waals surface area (Å²) in [4.78, 5) is 24.1. The van der Waals surface area contributed by atoms with E-state index in [9.17, 15) is 9.59 Å². The van der Waals surface area contributed by atoms with E-state index in [0.717, 1.165) is 6.29 Å². The fourth-order valence-corrected chi connectivity index (χ4v) is 1.64. The van der Waals surface area contributed by atoms with Crippen LogP contribution in [0.2, 0.25) is 0 Å². The highest BCUT2D eigenvalue weighted by atomic mass is 16.6. The Bertz CT molecular complexity index is 273. The van der Waals surface area contributed by atoms with E-state index in [1.165, 1.54) is 4.90 Å². The van der Waals surface area contributed by atoms with E-state index < -0.39 is 5.60 Å². The fraction of sp³-hybridized carbons (Fsp3) is 0.846. The largest absolute Gasteiger partial charge is 0.444 e. The first kappa shape index (κ1) is 15.9. The maximum absolute atomic E-state index is 11.9. The molecule has 0 N–H and O–H groups in total. The predicted octanol–water partition coefficient (Wildman–Crippen LogP) is 2.86. The van der Waals surface area contributed by atoms with E-state index in [2.05, 4.69) is 0 Å². The molecule has 4 nitrogen and oxygen atoms in total. The summed E-state index contributed by atoms with van der Waals surface area (Å²) in [6, 6.07) is -0.158. The molecule has 1 atom stereocenters. The molecule has 0 aromatic rings. The van der Waals surface area contributed by atoms with Crippen LogP contribution in [0, 0.1) is 5.41 Å². The second kappa shape index (κ2) is 5.52. The first-order valence-electron chi connectivity index (χ1n) is 5.88. The van der Waals surface area contributed by atoms with Crippen molar-refractivity contribution in [1.29, 1.82) is 0 Å². The lowest BCUT2D eigenvalue weighted by atomic mass is 9.84. The summed E-state index contributed by atoms with van der Waals surface area (Å²) in [6.07, 6.45) is 0.773. The molecule has 0 aliphatic heterocycles. The number of ether oxygens (including phenoxy) is 1. The van der Waals surface area contributed by atoms with Gasteiger partial charge in [-0.3, -0.25) is 0 Å². The number of hydrogen-bond acceptors (Lipinski definition) is 3. The molecular formula is C13H25NO3. The van der Waals surface area contributed by atoms with Crippen molar-refractivity contribution in [2.75, 3.05) is 7.05 Å². The highest BCUT2D eigenvalue weighted by Gasteiger charge is 2.32. The Kier molecular flexibility index (Phi) is 5.17. The number of hydrogen-bond donors (Lipinski definition) is 0.